The molecule has 0 aliphatic carbocycles. The average molecular weight is 372 g/mol. The first-order valence-electron chi connectivity index (χ1n) is 9.19. The van der Waals surface area contributed by atoms with Crippen LogP contribution >= 0.6 is 0 Å². The Morgan fingerprint density at radius 2 is 2.30 bits per heavy atom. The number of pyridine rings is 1. The van der Waals surface area contributed by atoms with E-state index in [4.69, 9.17) is 14.2 Å². The van der Waals surface area contributed by atoms with Gasteiger partial charge in [-0.2, -0.15) is 5.10 Å². The van der Waals surface area contributed by atoms with Crippen molar-refractivity contribution >= 4 is 5.91 Å². The molecule has 2 aromatic rings. The van der Waals surface area contributed by atoms with Gasteiger partial charge >= 0.3 is 0 Å². The minimum Gasteiger partial charge on any atom is -0.492 e. The van der Waals surface area contributed by atoms with Crippen LogP contribution < -0.4 is 4.74 Å². The van der Waals surface area contributed by atoms with Crippen LogP contribution in [0.3, 0.4) is 0 Å². The summed E-state index contributed by atoms with van der Waals surface area (Å²) in [4.78, 5) is 18.5. The summed E-state index contributed by atoms with van der Waals surface area (Å²) in [5, 5.41) is 4.33. The van der Waals surface area contributed by atoms with Crippen molar-refractivity contribution in [1.29, 1.82) is 0 Å². The molecule has 8 heteroatoms. The molecule has 144 valence electrons. The van der Waals surface area contributed by atoms with Crippen LogP contribution in [0.4, 0.5) is 0 Å². The second-order valence-electron chi connectivity index (χ2n) is 7.02. The van der Waals surface area contributed by atoms with Gasteiger partial charge in [0, 0.05) is 32.0 Å². The summed E-state index contributed by atoms with van der Waals surface area (Å²) >= 11 is 0. The van der Waals surface area contributed by atoms with Crippen molar-refractivity contribution in [3.8, 4) is 5.75 Å². The Labute approximate surface area is 158 Å². The average Bonchev–Trinajstić information content (AvgIpc) is 3.31. The Bertz CT molecular complexity index is 773. The van der Waals surface area contributed by atoms with Gasteiger partial charge in [-0.1, -0.05) is 0 Å². The van der Waals surface area contributed by atoms with Crippen LogP contribution in [0, 0.1) is 5.92 Å². The predicted molar refractivity (Wildman–Crippen MR) is 96.5 cm³/mol. The van der Waals surface area contributed by atoms with E-state index in [-0.39, 0.29) is 17.4 Å². The SMILES string of the molecule is COCCn1ccc(C(=O)N2CC3(C2)OCCC3COc2cccnc2)n1. The van der Waals surface area contributed by atoms with E-state index in [2.05, 4.69) is 10.1 Å². The molecular formula is C19H24N4O4. The molecule has 2 aromatic heterocycles. The molecule has 0 bridgehead atoms. The van der Waals surface area contributed by atoms with Gasteiger partial charge in [-0.25, -0.2) is 0 Å². The van der Waals surface area contributed by atoms with Gasteiger partial charge in [0.1, 0.15) is 17.0 Å². The molecule has 1 unspecified atom stereocenters. The summed E-state index contributed by atoms with van der Waals surface area (Å²) in [5.74, 6) is 0.966. The Kier molecular flexibility index (Phi) is 5.09. The van der Waals surface area contributed by atoms with Gasteiger partial charge in [-0.3, -0.25) is 14.5 Å². The molecule has 2 aliphatic rings. The first-order chi connectivity index (χ1) is 13.2. The minimum atomic E-state index is -0.295. The highest BCUT2D eigenvalue weighted by atomic mass is 16.5. The smallest absolute Gasteiger partial charge is 0.274 e. The number of hydrogen-bond acceptors (Lipinski definition) is 6. The lowest BCUT2D eigenvalue weighted by Gasteiger charge is -2.49. The standard InChI is InChI=1S/C19H24N4O4/c1-25-10-8-23-7-4-17(21-23)18(24)22-13-19(14-22)15(5-9-27-19)12-26-16-3-2-6-20-11-16/h2-4,6-7,11,15H,5,8-10,12-14H2,1H3. The second kappa shape index (κ2) is 7.66. The van der Waals surface area contributed by atoms with Crippen LogP contribution in [-0.4, -0.2) is 71.2 Å². The summed E-state index contributed by atoms with van der Waals surface area (Å²) in [5.41, 5.74) is 0.165. The van der Waals surface area contributed by atoms with Crippen molar-refractivity contribution in [1.82, 2.24) is 19.7 Å². The molecule has 27 heavy (non-hydrogen) atoms. The van der Waals surface area contributed by atoms with Crippen molar-refractivity contribution in [2.45, 2.75) is 18.6 Å². The molecule has 0 saturated carbocycles. The van der Waals surface area contributed by atoms with E-state index in [0.29, 0.717) is 45.1 Å². The fourth-order valence-corrected chi connectivity index (χ4v) is 3.69. The van der Waals surface area contributed by atoms with E-state index < -0.39 is 0 Å². The molecule has 4 heterocycles. The normalized spacial score (nSPS) is 20.6. The zero-order chi connectivity index (χ0) is 18.7. The molecule has 1 atom stereocenters. The van der Waals surface area contributed by atoms with Crippen molar-refractivity contribution in [2.24, 2.45) is 5.92 Å². The maximum atomic E-state index is 12.7. The highest BCUT2D eigenvalue weighted by molar-refractivity contribution is 5.93. The van der Waals surface area contributed by atoms with Crippen LogP contribution in [0.1, 0.15) is 16.9 Å². The fourth-order valence-electron chi connectivity index (χ4n) is 3.69. The lowest BCUT2D eigenvalue weighted by atomic mass is 9.81. The van der Waals surface area contributed by atoms with E-state index in [1.807, 2.05) is 12.1 Å². The third kappa shape index (κ3) is 3.68. The summed E-state index contributed by atoms with van der Waals surface area (Å²) in [6.07, 6.45) is 6.17. The molecule has 1 amide bonds. The first-order valence-corrected chi connectivity index (χ1v) is 9.19. The van der Waals surface area contributed by atoms with Gasteiger partial charge in [-0.05, 0) is 24.6 Å². The number of aromatic nitrogens is 3. The van der Waals surface area contributed by atoms with E-state index >= 15 is 0 Å². The maximum Gasteiger partial charge on any atom is 0.274 e. The molecule has 0 radical (unpaired) electrons. The highest BCUT2D eigenvalue weighted by Crippen LogP contribution is 2.40. The number of carbonyl (C=O) groups excluding carboxylic acids is 1. The number of nitrogens with zero attached hydrogens (tertiary/aromatic N) is 4. The van der Waals surface area contributed by atoms with Gasteiger partial charge in [-0.15, -0.1) is 0 Å². The van der Waals surface area contributed by atoms with Crippen LogP contribution in [0.5, 0.6) is 5.75 Å². The van der Waals surface area contributed by atoms with Gasteiger partial charge < -0.3 is 19.1 Å². The molecule has 0 N–H and O–H groups in total. The van der Waals surface area contributed by atoms with Crippen molar-refractivity contribution in [3.05, 3.63) is 42.5 Å². The fraction of sp³-hybridized carbons (Fsp3) is 0.526. The number of amides is 1. The van der Waals surface area contributed by atoms with Gasteiger partial charge in [0.05, 0.1) is 39.0 Å². The summed E-state index contributed by atoms with van der Waals surface area (Å²) in [7, 11) is 1.64. The molecule has 0 aromatic carbocycles. The molecule has 1 spiro atoms. The van der Waals surface area contributed by atoms with Gasteiger partial charge in [0.2, 0.25) is 0 Å². The van der Waals surface area contributed by atoms with Crippen molar-refractivity contribution < 1.29 is 19.0 Å². The number of ether oxygens (including phenoxy) is 3. The highest BCUT2D eigenvalue weighted by Gasteiger charge is 2.55. The zero-order valence-corrected chi connectivity index (χ0v) is 15.4. The number of carbonyl (C=O) groups is 1. The van der Waals surface area contributed by atoms with Crippen LogP contribution in [0.15, 0.2) is 36.8 Å². The minimum absolute atomic E-state index is 0.0563. The number of hydrogen-bond donors (Lipinski definition) is 0. The first kappa shape index (κ1) is 17.9. The van der Waals surface area contributed by atoms with Crippen molar-refractivity contribution in [3.63, 3.8) is 0 Å². The van der Waals surface area contributed by atoms with Gasteiger partial charge in [0.15, 0.2) is 0 Å². The summed E-state index contributed by atoms with van der Waals surface area (Å²) in [6.45, 7) is 3.63. The Balaban J connectivity index is 1.32. The monoisotopic (exact) mass is 372 g/mol. The quantitative estimate of drug-likeness (QED) is 0.728. The van der Waals surface area contributed by atoms with Crippen molar-refractivity contribution in [2.75, 3.05) is 40.0 Å². The molecule has 2 saturated heterocycles. The number of rotatable bonds is 7. The molecule has 4 rings (SSSR count). The topological polar surface area (TPSA) is 78.7 Å². The molecule has 2 fully saturated rings. The van der Waals surface area contributed by atoms with E-state index in [1.165, 1.54) is 0 Å². The zero-order valence-electron chi connectivity index (χ0n) is 15.4. The van der Waals surface area contributed by atoms with Gasteiger partial charge in [0.25, 0.3) is 5.91 Å². The van der Waals surface area contributed by atoms with Crippen LogP contribution in [0.2, 0.25) is 0 Å². The lowest BCUT2D eigenvalue weighted by Crippen LogP contribution is -2.66. The largest absolute Gasteiger partial charge is 0.492 e. The Morgan fingerprint density at radius 1 is 1.41 bits per heavy atom. The molecule has 2 aliphatic heterocycles. The summed E-state index contributed by atoms with van der Waals surface area (Å²) in [6, 6.07) is 5.50. The molecular weight excluding hydrogens is 348 g/mol. The predicted octanol–water partition coefficient (Wildman–Crippen LogP) is 1.23. The maximum absolute atomic E-state index is 12.7. The van der Waals surface area contributed by atoms with E-state index in [0.717, 1.165) is 12.2 Å². The molecule has 8 nitrogen and oxygen atoms in total. The Morgan fingerprint density at radius 3 is 3.07 bits per heavy atom. The van der Waals surface area contributed by atoms with E-state index in [1.54, 1.807) is 41.3 Å². The third-order valence-electron chi connectivity index (χ3n) is 5.27. The van der Waals surface area contributed by atoms with Crippen LogP contribution in [0.25, 0.3) is 0 Å². The third-order valence-corrected chi connectivity index (χ3v) is 5.27. The lowest BCUT2D eigenvalue weighted by molar-refractivity contribution is -0.122. The Hall–Kier alpha value is -2.45. The summed E-state index contributed by atoms with van der Waals surface area (Å²) < 4.78 is 18.7. The van der Waals surface area contributed by atoms with E-state index in [9.17, 15) is 4.79 Å². The van der Waals surface area contributed by atoms with Crippen LogP contribution in [-0.2, 0) is 16.0 Å². The number of methoxy groups -OCH3 is 1. The second-order valence-corrected chi connectivity index (χ2v) is 7.02. The number of likely N-dealkylation sites (tertiary alicyclic amines) is 1.